The average molecular weight is 368 g/mol. The van der Waals surface area contributed by atoms with Gasteiger partial charge in [0.05, 0.1) is 18.3 Å². The number of likely N-dealkylation sites (N-methyl/N-ethyl adjacent to an activating group) is 1. The minimum Gasteiger partial charge on any atom is -0.338 e. The molecule has 2 rings (SSSR count). The Hall–Kier alpha value is -0.360. The van der Waals surface area contributed by atoms with Gasteiger partial charge in [-0.2, -0.15) is 0 Å². The van der Waals surface area contributed by atoms with Crippen molar-refractivity contribution in [3.63, 3.8) is 0 Å². The number of carbonyl (C=O) groups excluding carboxylic acids is 1. The van der Waals surface area contributed by atoms with Crippen molar-refractivity contribution in [2.24, 2.45) is 11.1 Å². The van der Waals surface area contributed by atoms with E-state index in [2.05, 4.69) is 4.98 Å². The first-order valence-electron chi connectivity index (χ1n) is 7.27. The number of nitrogens with two attached hydrogens (primary N) is 1. The number of thiazole rings is 1. The number of carbonyl (C=O) groups is 1. The van der Waals surface area contributed by atoms with Crippen molar-refractivity contribution in [3.05, 3.63) is 15.6 Å². The topological polar surface area (TPSA) is 59.2 Å². The number of hydrogen-bond acceptors (Lipinski definition) is 4. The molecule has 1 aromatic rings. The van der Waals surface area contributed by atoms with Crippen LogP contribution in [0.15, 0.2) is 0 Å². The van der Waals surface area contributed by atoms with Gasteiger partial charge in [0, 0.05) is 11.9 Å². The van der Waals surface area contributed by atoms with Gasteiger partial charge in [0.1, 0.15) is 5.01 Å². The molecule has 0 aliphatic heterocycles. The second kappa shape index (κ2) is 8.48. The van der Waals surface area contributed by atoms with E-state index in [0.29, 0.717) is 6.54 Å². The zero-order valence-electron chi connectivity index (χ0n) is 13.7. The maximum absolute atomic E-state index is 12.3. The predicted octanol–water partition coefficient (Wildman–Crippen LogP) is 3.20. The predicted molar refractivity (Wildman–Crippen MR) is 97.2 cm³/mol. The van der Waals surface area contributed by atoms with Crippen LogP contribution in [0.25, 0.3) is 0 Å². The highest BCUT2D eigenvalue weighted by atomic mass is 35.5. The third-order valence-corrected chi connectivity index (χ3v) is 4.98. The lowest BCUT2D eigenvalue weighted by Gasteiger charge is -2.29. The zero-order chi connectivity index (χ0) is 14.9. The van der Waals surface area contributed by atoms with Crippen LogP contribution in [0.2, 0.25) is 0 Å². The summed E-state index contributed by atoms with van der Waals surface area (Å²) in [6, 6.07) is -0.470. The van der Waals surface area contributed by atoms with E-state index in [-0.39, 0.29) is 36.1 Å². The number of aryl methyl sites for hydroxylation is 2. The lowest BCUT2D eigenvalue weighted by atomic mass is 9.86. The molecule has 0 fully saturated rings. The molecule has 0 saturated carbocycles. The first kappa shape index (κ1) is 21.6. The van der Waals surface area contributed by atoms with E-state index >= 15 is 0 Å². The first-order chi connectivity index (χ1) is 9.29. The highest BCUT2D eigenvalue weighted by molar-refractivity contribution is 7.11. The summed E-state index contributed by atoms with van der Waals surface area (Å²) in [5.74, 6) is -0.00864. The second-order valence-corrected chi connectivity index (χ2v) is 7.89. The van der Waals surface area contributed by atoms with E-state index < -0.39 is 6.04 Å². The summed E-state index contributed by atoms with van der Waals surface area (Å²) < 4.78 is 0. The fourth-order valence-electron chi connectivity index (χ4n) is 2.36. The number of fused-ring (bicyclic) bond motifs is 1. The van der Waals surface area contributed by atoms with Crippen LogP contribution in [-0.4, -0.2) is 28.9 Å². The van der Waals surface area contributed by atoms with Crippen molar-refractivity contribution in [2.75, 3.05) is 7.05 Å². The Balaban J connectivity index is 0.00000220. The molecule has 4 nitrogen and oxygen atoms in total. The van der Waals surface area contributed by atoms with Crippen molar-refractivity contribution < 1.29 is 4.79 Å². The highest BCUT2D eigenvalue weighted by Crippen LogP contribution is 2.27. The van der Waals surface area contributed by atoms with Gasteiger partial charge in [-0.1, -0.05) is 20.8 Å². The van der Waals surface area contributed by atoms with Crippen molar-refractivity contribution in [1.82, 2.24) is 9.88 Å². The van der Waals surface area contributed by atoms with Gasteiger partial charge in [-0.05, 0) is 31.1 Å². The quantitative estimate of drug-likeness (QED) is 0.891. The van der Waals surface area contributed by atoms with Gasteiger partial charge in [0.2, 0.25) is 5.91 Å². The SMILES string of the molecule is CN(Cc1nc2c(s1)CCCC2)C(=O)[C@@H](N)C(C)(C)C.Cl.Cl. The molecule has 1 aliphatic carbocycles. The minimum absolute atomic E-state index is 0. The summed E-state index contributed by atoms with van der Waals surface area (Å²) in [7, 11) is 1.81. The summed E-state index contributed by atoms with van der Waals surface area (Å²) in [4.78, 5) is 20.1. The van der Waals surface area contributed by atoms with Crippen molar-refractivity contribution >= 4 is 42.1 Å². The van der Waals surface area contributed by atoms with Crippen LogP contribution in [-0.2, 0) is 24.2 Å². The number of amides is 1. The maximum atomic E-state index is 12.3. The molecular weight excluding hydrogens is 341 g/mol. The van der Waals surface area contributed by atoms with Crippen LogP contribution < -0.4 is 5.73 Å². The van der Waals surface area contributed by atoms with E-state index in [1.807, 2.05) is 27.8 Å². The molecule has 1 aromatic heterocycles. The van der Waals surface area contributed by atoms with Gasteiger partial charge in [-0.15, -0.1) is 36.2 Å². The van der Waals surface area contributed by atoms with Crippen molar-refractivity contribution in [2.45, 2.75) is 59.0 Å². The van der Waals surface area contributed by atoms with Gasteiger partial charge in [0.15, 0.2) is 0 Å². The summed E-state index contributed by atoms with van der Waals surface area (Å²) in [6.45, 7) is 6.54. The fourth-order valence-corrected chi connectivity index (χ4v) is 3.57. The summed E-state index contributed by atoms with van der Waals surface area (Å²) in [5, 5.41) is 1.04. The number of aromatic nitrogens is 1. The summed E-state index contributed by atoms with van der Waals surface area (Å²) >= 11 is 1.75. The van der Waals surface area contributed by atoms with E-state index in [9.17, 15) is 4.79 Å². The molecule has 0 aromatic carbocycles. The molecule has 0 spiro atoms. The molecule has 1 heterocycles. The van der Waals surface area contributed by atoms with E-state index in [1.54, 1.807) is 16.2 Å². The van der Waals surface area contributed by atoms with Crippen molar-refractivity contribution in [1.29, 1.82) is 0 Å². The molecule has 1 atom stereocenters. The number of hydrogen-bond donors (Lipinski definition) is 1. The first-order valence-corrected chi connectivity index (χ1v) is 8.08. The van der Waals surface area contributed by atoms with Gasteiger partial charge in [-0.25, -0.2) is 4.98 Å². The minimum atomic E-state index is -0.470. The van der Waals surface area contributed by atoms with Crippen LogP contribution in [0.5, 0.6) is 0 Å². The average Bonchev–Trinajstić information content (AvgIpc) is 2.77. The summed E-state index contributed by atoms with van der Waals surface area (Å²) in [5.41, 5.74) is 7.07. The Morgan fingerprint density at radius 2 is 1.91 bits per heavy atom. The van der Waals surface area contributed by atoms with E-state index in [1.165, 1.54) is 23.4 Å². The molecule has 0 bridgehead atoms. The highest BCUT2D eigenvalue weighted by Gasteiger charge is 2.30. The molecular formula is C15H27Cl2N3OS. The molecule has 0 unspecified atom stereocenters. The smallest absolute Gasteiger partial charge is 0.240 e. The Bertz CT molecular complexity index is 476. The largest absolute Gasteiger partial charge is 0.338 e. The van der Waals surface area contributed by atoms with Crippen molar-refractivity contribution in [3.8, 4) is 0 Å². The molecule has 0 saturated heterocycles. The lowest BCUT2D eigenvalue weighted by Crippen LogP contribution is -2.48. The fraction of sp³-hybridized carbons (Fsp3) is 0.733. The molecule has 1 amide bonds. The maximum Gasteiger partial charge on any atom is 0.240 e. The lowest BCUT2D eigenvalue weighted by molar-refractivity contribution is -0.134. The molecule has 1 aliphatic rings. The normalized spacial score (nSPS) is 15.1. The monoisotopic (exact) mass is 367 g/mol. The van der Waals surface area contributed by atoms with Crippen LogP contribution in [0.3, 0.4) is 0 Å². The zero-order valence-corrected chi connectivity index (χ0v) is 16.2. The Morgan fingerprint density at radius 3 is 2.45 bits per heavy atom. The number of rotatable bonds is 3. The third kappa shape index (κ3) is 5.08. The van der Waals surface area contributed by atoms with Crippen LogP contribution >= 0.6 is 36.2 Å². The van der Waals surface area contributed by atoms with Gasteiger partial charge in [-0.3, -0.25) is 4.79 Å². The van der Waals surface area contributed by atoms with Gasteiger partial charge < -0.3 is 10.6 Å². The molecule has 0 radical (unpaired) electrons. The number of halogens is 2. The Kier molecular flexibility index (Phi) is 8.34. The second-order valence-electron chi connectivity index (χ2n) is 6.72. The number of nitrogens with zero attached hydrogens (tertiary/aromatic N) is 2. The molecule has 22 heavy (non-hydrogen) atoms. The standard InChI is InChI=1S/C15H25N3OS.2ClH/c1-15(2,3)13(16)14(19)18(4)9-12-17-10-7-5-6-8-11(10)20-12;;/h13H,5-9,16H2,1-4H3;2*1H/t13-;;/m1../s1. The van der Waals surface area contributed by atoms with Gasteiger partial charge in [0.25, 0.3) is 0 Å². The summed E-state index contributed by atoms with van der Waals surface area (Å²) in [6.07, 6.45) is 4.73. The molecule has 128 valence electrons. The molecule has 2 N–H and O–H groups in total. The Labute approximate surface area is 149 Å². The van der Waals surface area contributed by atoms with Gasteiger partial charge >= 0.3 is 0 Å². The Morgan fingerprint density at radius 1 is 1.32 bits per heavy atom. The third-order valence-electron chi connectivity index (χ3n) is 3.84. The molecule has 7 heteroatoms. The van der Waals surface area contributed by atoms with Crippen LogP contribution in [0.4, 0.5) is 0 Å². The van der Waals surface area contributed by atoms with E-state index in [4.69, 9.17) is 5.73 Å². The van der Waals surface area contributed by atoms with Crippen LogP contribution in [0.1, 0.15) is 49.2 Å². The van der Waals surface area contributed by atoms with E-state index in [0.717, 1.165) is 17.8 Å². The van der Waals surface area contributed by atoms with Crippen LogP contribution in [0, 0.1) is 5.41 Å².